The molecule has 0 aromatic heterocycles. The van der Waals surface area contributed by atoms with Gasteiger partial charge in [-0.05, 0) is 62.3 Å². The minimum atomic E-state index is 0.322. The molecule has 3 atom stereocenters. The fourth-order valence-corrected chi connectivity index (χ4v) is 4.98. The van der Waals surface area contributed by atoms with Gasteiger partial charge in [0.05, 0.1) is 6.07 Å². The molecule has 168 valence electrons. The zero-order valence-electron chi connectivity index (χ0n) is 19.6. The number of alkyl halides is 1. The average Bonchev–Trinajstić information content (AvgIpc) is 2.80. The van der Waals surface area contributed by atoms with Crippen molar-refractivity contribution in [2.45, 2.75) is 83.1 Å². The van der Waals surface area contributed by atoms with E-state index in [0.717, 1.165) is 25.9 Å². The highest BCUT2D eigenvalue weighted by molar-refractivity contribution is 6.21. The molecule has 2 aromatic carbocycles. The van der Waals surface area contributed by atoms with Crippen LogP contribution >= 0.6 is 11.6 Å². The maximum absolute atomic E-state index is 7.32. The van der Waals surface area contributed by atoms with Crippen LogP contribution in [-0.4, -0.2) is 29.4 Å². The molecule has 0 aliphatic heterocycles. The molecule has 0 N–H and O–H groups in total. The number of benzene rings is 2. The lowest BCUT2D eigenvalue weighted by atomic mass is 9.83. The number of nitrogens with zero attached hydrogens (tertiary/aromatic N) is 2. The Morgan fingerprint density at radius 2 is 1.61 bits per heavy atom. The van der Waals surface area contributed by atoms with Gasteiger partial charge in [0.15, 0.2) is 0 Å². The number of rotatable bonds is 9. The van der Waals surface area contributed by atoms with Crippen molar-refractivity contribution in [2.24, 2.45) is 0 Å². The molecular weight excluding hydrogens is 400 g/mol. The zero-order valence-corrected chi connectivity index (χ0v) is 20.3. The maximum atomic E-state index is 7.32. The largest absolute Gasteiger partial charge is 0.301 e. The van der Waals surface area contributed by atoms with Gasteiger partial charge in [0.1, 0.15) is 0 Å². The van der Waals surface area contributed by atoms with Crippen LogP contribution in [0.4, 0.5) is 0 Å². The summed E-state index contributed by atoms with van der Waals surface area (Å²) >= 11 is 6.58. The van der Waals surface area contributed by atoms with E-state index in [0.29, 0.717) is 17.3 Å². The van der Waals surface area contributed by atoms with Crippen LogP contribution in [0.25, 0.3) is 0 Å². The molecule has 0 saturated heterocycles. The summed E-state index contributed by atoms with van der Waals surface area (Å²) in [6.45, 7) is 8.34. The van der Waals surface area contributed by atoms with Crippen LogP contribution in [0.15, 0.2) is 54.6 Å². The van der Waals surface area contributed by atoms with Crippen LogP contribution in [0.3, 0.4) is 0 Å². The fraction of sp³-hybridized carbons (Fsp3) is 0.536. The molecule has 2 aromatic rings. The molecule has 0 bridgehead atoms. The van der Waals surface area contributed by atoms with Crippen LogP contribution in [0.1, 0.15) is 75.5 Å². The molecule has 31 heavy (non-hydrogen) atoms. The standard InChI is InChI=1S/C26H36ClN.C2H3N/c1-3-28(20-19-22-9-5-4-6-10-22)21(2)13-14-23-15-17-24(18-16-23)25-11-7-8-12-26(25)27;1-2-3/h4-6,9-10,15-18,21,25-26H,3,7-8,11-14,19-20H2,1-2H3;1H3. The fourth-order valence-electron chi connectivity index (χ4n) is 4.56. The van der Waals surface area contributed by atoms with Crippen molar-refractivity contribution in [3.05, 3.63) is 71.3 Å². The average molecular weight is 439 g/mol. The van der Waals surface area contributed by atoms with Gasteiger partial charge in [-0.1, -0.05) is 74.4 Å². The van der Waals surface area contributed by atoms with E-state index in [9.17, 15) is 0 Å². The number of aryl methyl sites for hydroxylation is 1. The van der Waals surface area contributed by atoms with Crippen LogP contribution in [0.5, 0.6) is 0 Å². The first-order valence-electron chi connectivity index (χ1n) is 11.9. The topological polar surface area (TPSA) is 27.0 Å². The van der Waals surface area contributed by atoms with Crippen LogP contribution in [0.2, 0.25) is 0 Å². The van der Waals surface area contributed by atoms with Gasteiger partial charge in [0.25, 0.3) is 0 Å². The molecule has 1 aliphatic rings. The first kappa shape index (κ1) is 25.4. The lowest BCUT2D eigenvalue weighted by Crippen LogP contribution is -2.35. The van der Waals surface area contributed by atoms with Crippen LogP contribution in [0, 0.1) is 11.3 Å². The highest BCUT2D eigenvalue weighted by Crippen LogP contribution is 2.36. The highest BCUT2D eigenvalue weighted by Gasteiger charge is 2.24. The van der Waals surface area contributed by atoms with Crippen molar-refractivity contribution >= 4 is 11.6 Å². The van der Waals surface area contributed by atoms with Gasteiger partial charge in [-0.15, -0.1) is 11.6 Å². The third-order valence-corrected chi connectivity index (χ3v) is 7.02. The Kier molecular flexibility index (Phi) is 11.7. The lowest BCUT2D eigenvalue weighted by molar-refractivity contribution is 0.212. The van der Waals surface area contributed by atoms with Crippen molar-refractivity contribution in [2.75, 3.05) is 13.1 Å². The molecule has 3 unspecified atom stereocenters. The Hall–Kier alpha value is -1.82. The molecular formula is C28H39ClN2. The van der Waals surface area contributed by atoms with Gasteiger partial charge in [0.2, 0.25) is 0 Å². The van der Waals surface area contributed by atoms with Crippen molar-refractivity contribution in [3.8, 4) is 6.07 Å². The van der Waals surface area contributed by atoms with E-state index in [2.05, 4.69) is 73.3 Å². The third kappa shape index (κ3) is 8.68. The van der Waals surface area contributed by atoms with Crippen LogP contribution < -0.4 is 0 Å². The second-order valence-electron chi connectivity index (χ2n) is 8.62. The van der Waals surface area contributed by atoms with Gasteiger partial charge in [-0.3, -0.25) is 0 Å². The molecule has 1 aliphatic carbocycles. The monoisotopic (exact) mass is 438 g/mol. The van der Waals surface area contributed by atoms with E-state index in [1.54, 1.807) is 6.07 Å². The Morgan fingerprint density at radius 1 is 1.00 bits per heavy atom. The smallest absolute Gasteiger partial charge is 0.0587 e. The van der Waals surface area contributed by atoms with Gasteiger partial charge >= 0.3 is 0 Å². The molecule has 0 radical (unpaired) electrons. The van der Waals surface area contributed by atoms with E-state index in [-0.39, 0.29) is 0 Å². The summed E-state index contributed by atoms with van der Waals surface area (Å²) in [7, 11) is 0. The first-order chi connectivity index (χ1) is 15.1. The van der Waals surface area contributed by atoms with Crippen LogP contribution in [-0.2, 0) is 12.8 Å². The SMILES string of the molecule is CC#N.CCN(CCc1ccccc1)C(C)CCc1ccc(C2CCCCC2Cl)cc1. The predicted octanol–water partition coefficient (Wildman–Crippen LogP) is 7.37. The highest BCUT2D eigenvalue weighted by atomic mass is 35.5. The number of nitriles is 1. The minimum absolute atomic E-state index is 0.322. The van der Waals surface area contributed by atoms with E-state index in [1.165, 1.54) is 55.7 Å². The Balaban J connectivity index is 0.00000107. The van der Waals surface area contributed by atoms with Gasteiger partial charge in [-0.25, -0.2) is 0 Å². The summed E-state index contributed by atoms with van der Waals surface area (Å²) in [5, 5.41) is 7.64. The Bertz CT molecular complexity index is 766. The van der Waals surface area contributed by atoms with Gasteiger partial charge in [0, 0.05) is 30.8 Å². The van der Waals surface area contributed by atoms with Gasteiger partial charge in [-0.2, -0.15) is 5.26 Å². The summed E-state index contributed by atoms with van der Waals surface area (Å²) in [5.74, 6) is 0.553. The second kappa shape index (κ2) is 14.3. The first-order valence-corrected chi connectivity index (χ1v) is 12.3. The summed E-state index contributed by atoms with van der Waals surface area (Å²) in [5.41, 5.74) is 4.33. The predicted molar refractivity (Wildman–Crippen MR) is 134 cm³/mol. The van der Waals surface area contributed by atoms with E-state index >= 15 is 0 Å². The molecule has 1 saturated carbocycles. The normalized spacial score (nSPS) is 19.2. The number of halogens is 1. The van der Waals surface area contributed by atoms with E-state index in [4.69, 9.17) is 16.9 Å². The molecule has 3 rings (SSSR count). The van der Waals surface area contributed by atoms with Crippen molar-refractivity contribution in [1.82, 2.24) is 4.90 Å². The third-order valence-electron chi connectivity index (χ3n) is 6.50. The number of hydrogen-bond acceptors (Lipinski definition) is 2. The van der Waals surface area contributed by atoms with Crippen molar-refractivity contribution in [3.63, 3.8) is 0 Å². The molecule has 0 amide bonds. The van der Waals surface area contributed by atoms with Crippen molar-refractivity contribution < 1.29 is 0 Å². The quantitative estimate of drug-likeness (QED) is 0.382. The summed E-state index contributed by atoms with van der Waals surface area (Å²) < 4.78 is 0. The van der Waals surface area contributed by atoms with E-state index in [1.807, 2.05) is 0 Å². The molecule has 0 spiro atoms. The Labute approximate surface area is 195 Å². The minimum Gasteiger partial charge on any atom is -0.301 e. The second-order valence-corrected chi connectivity index (χ2v) is 9.18. The summed E-state index contributed by atoms with van der Waals surface area (Å²) in [6, 6.07) is 22.5. The molecule has 2 nitrogen and oxygen atoms in total. The number of likely N-dealkylation sites (N-methyl/N-ethyl adjacent to an activating group) is 1. The van der Waals surface area contributed by atoms with Gasteiger partial charge < -0.3 is 4.90 Å². The Morgan fingerprint density at radius 3 is 2.23 bits per heavy atom. The lowest BCUT2D eigenvalue weighted by Gasteiger charge is -2.28. The molecule has 0 heterocycles. The molecule has 3 heteroatoms. The molecule has 1 fully saturated rings. The number of hydrogen-bond donors (Lipinski definition) is 0. The zero-order chi connectivity index (χ0) is 22.5. The van der Waals surface area contributed by atoms with E-state index < -0.39 is 0 Å². The summed E-state index contributed by atoms with van der Waals surface area (Å²) in [4.78, 5) is 2.61. The maximum Gasteiger partial charge on any atom is 0.0587 e. The van der Waals surface area contributed by atoms with Crippen molar-refractivity contribution in [1.29, 1.82) is 5.26 Å². The summed E-state index contributed by atoms with van der Waals surface area (Å²) in [6.07, 6.45) is 8.52.